The molecule has 0 aliphatic rings. The van der Waals surface area contributed by atoms with Crippen molar-refractivity contribution in [2.75, 3.05) is 0 Å². The Hall–Kier alpha value is -3.08. The smallest absolute Gasteiger partial charge is 0.336 e. The van der Waals surface area contributed by atoms with E-state index in [1.54, 1.807) is 12.1 Å². The summed E-state index contributed by atoms with van der Waals surface area (Å²) >= 11 is 0. The number of aryl methyl sites for hydroxylation is 1. The Balaban J connectivity index is 1.92. The third kappa shape index (κ3) is 4.09. The van der Waals surface area contributed by atoms with Crippen LogP contribution in [0.2, 0.25) is 0 Å². The van der Waals surface area contributed by atoms with E-state index in [0.717, 1.165) is 41.8 Å². The first-order valence-electron chi connectivity index (χ1n) is 9.77. The van der Waals surface area contributed by atoms with Crippen LogP contribution in [0.3, 0.4) is 0 Å². The number of carboxylic acids is 1. The summed E-state index contributed by atoms with van der Waals surface area (Å²) in [5, 5.41) is 9.40. The van der Waals surface area contributed by atoms with Crippen molar-refractivity contribution in [2.45, 2.75) is 46.1 Å². The average molecular weight is 378 g/mol. The maximum atomic E-state index is 12.3. The fourth-order valence-corrected chi connectivity index (χ4v) is 3.59. The van der Waals surface area contributed by atoms with Crippen LogP contribution in [0.15, 0.2) is 53.3 Å². The number of nitrogens with one attached hydrogen (secondary N) is 1. The van der Waals surface area contributed by atoms with E-state index < -0.39 is 5.97 Å². The topological polar surface area (TPSA) is 75.1 Å². The number of carboxylic acid groups (broad SMARTS) is 1. The number of hydrogen-bond donors (Lipinski definition) is 2. The summed E-state index contributed by atoms with van der Waals surface area (Å²) in [6.07, 6.45) is 3.41. The number of nitrogens with zero attached hydrogens (tertiary/aromatic N) is 1. The van der Waals surface area contributed by atoms with Gasteiger partial charge in [0, 0.05) is 24.4 Å². The fourth-order valence-electron chi connectivity index (χ4n) is 3.59. The minimum absolute atomic E-state index is 0.0349. The van der Waals surface area contributed by atoms with Gasteiger partial charge < -0.3 is 10.1 Å². The van der Waals surface area contributed by atoms with Gasteiger partial charge in [-0.25, -0.2) is 9.59 Å². The molecular weight excluding hydrogens is 352 g/mol. The number of aromatic nitrogens is 2. The Bertz CT molecular complexity index is 1010. The van der Waals surface area contributed by atoms with Gasteiger partial charge in [-0.05, 0) is 35.6 Å². The summed E-state index contributed by atoms with van der Waals surface area (Å²) in [6, 6.07) is 14.9. The molecule has 0 saturated carbocycles. The largest absolute Gasteiger partial charge is 0.478 e. The van der Waals surface area contributed by atoms with Gasteiger partial charge in [0.15, 0.2) is 0 Å². The SMILES string of the molecule is CCCc1[nH]c(=O)n(CCC)c1Cc1ccc(-c2ccccc2C(=O)O)cc1. The summed E-state index contributed by atoms with van der Waals surface area (Å²) in [5.74, 6) is -0.931. The van der Waals surface area contributed by atoms with Crippen molar-refractivity contribution >= 4 is 5.97 Å². The molecule has 0 amide bonds. The molecular formula is C23H26N2O3. The molecule has 0 atom stereocenters. The molecule has 1 aromatic heterocycles. The number of hydrogen-bond acceptors (Lipinski definition) is 2. The van der Waals surface area contributed by atoms with E-state index in [2.05, 4.69) is 18.8 Å². The lowest BCUT2D eigenvalue weighted by atomic mass is 9.97. The minimum Gasteiger partial charge on any atom is -0.478 e. The van der Waals surface area contributed by atoms with E-state index in [1.165, 1.54) is 0 Å². The molecule has 0 spiro atoms. The van der Waals surface area contributed by atoms with Crippen LogP contribution in [0.5, 0.6) is 0 Å². The number of carbonyl (C=O) groups is 1. The van der Waals surface area contributed by atoms with Crippen LogP contribution in [0.25, 0.3) is 11.1 Å². The predicted octanol–water partition coefficient (Wildman–Crippen LogP) is 4.49. The average Bonchev–Trinajstić information content (AvgIpc) is 2.98. The van der Waals surface area contributed by atoms with Crippen LogP contribution in [0.4, 0.5) is 0 Å². The third-order valence-corrected chi connectivity index (χ3v) is 4.92. The quantitative estimate of drug-likeness (QED) is 0.606. The maximum absolute atomic E-state index is 12.3. The van der Waals surface area contributed by atoms with Crippen LogP contribution in [0, 0.1) is 0 Å². The number of rotatable bonds is 8. The van der Waals surface area contributed by atoms with E-state index in [-0.39, 0.29) is 5.69 Å². The van der Waals surface area contributed by atoms with Gasteiger partial charge in [0.2, 0.25) is 0 Å². The minimum atomic E-state index is -0.931. The van der Waals surface area contributed by atoms with Gasteiger partial charge >= 0.3 is 11.7 Å². The van der Waals surface area contributed by atoms with Crippen molar-refractivity contribution in [1.82, 2.24) is 9.55 Å². The zero-order chi connectivity index (χ0) is 20.1. The van der Waals surface area contributed by atoms with Crippen molar-refractivity contribution in [3.8, 4) is 11.1 Å². The van der Waals surface area contributed by atoms with Gasteiger partial charge in [0.05, 0.1) is 5.56 Å². The molecule has 2 N–H and O–H groups in total. The van der Waals surface area contributed by atoms with Gasteiger partial charge in [0.1, 0.15) is 0 Å². The van der Waals surface area contributed by atoms with Gasteiger partial charge in [-0.3, -0.25) is 4.57 Å². The van der Waals surface area contributed by atoms with E-state index in [9.17, 15) is 14.7 Å². The standard InChI is InChI=1S/C23H26N2O3/c1-3-7-20-21(25(14-4-2)23(28)24-20)15-16-10-12-17(13-11-16)18-8-5-6-9-19(18)22(26)27/h5-6,8-13H,3-4,7,14-15H2,1-2H3,(H,24,28)(H,26,27). The number of imidazole rings is 1. The zero-order valence-corrected chi connectivity index (χ0v) is 16.4. The van der Waals surface area contributed by atoms with E-state index in [0.29, 0.717) is 24.1 Å². The molecule has 146 valence electrons. The lowest BCUT2D eigenvalue weighted by molar-refractivity contribution is 0.0697. The van der Waals surface area contributed by atoms with Gasteiger partial charge in [-0.15, -0.1) is 0 Å². The molecule has 5 heteroatoms. The first kappa shape index (κ1) is 19.7. The molecule has 0 aliphatic carbocycles. The monoisotopic (exact) mass is 378 g/mol. The molecule has 3 rings (SSSR count). The van der Waals surface area contributed by atoms with Gasteiger partial charge in [-0.2, -0.15) is 0 Å². The second kappa shape index (κ2) is 8.74. The molecule has 0 radical (unpaired) electrons. The summed E-state index contributed by atoms with van der Waals surface area (Å²) < 4.78 is 1.85. The molecule has 0 bridgehead atoms. The molecule has 3 aromatic rings. The highest BCUT2D eigenvalue weighted by molar-refractivity contribution is 5.95. The Labute approximate surface area is 164 Å². The van der Waals surface area contributed by atoms with Crippen molar-refractivity contribution < 1.29 is 9.90 Å². The highest BCUT2D eigenvalue weighted by atomic mass is 16.4. The van der Waals surface area contributed by atoms with E-state index in [1.807, 2.05) is 41.0 Å². The number of aromatic carboxylic acids is 1. The summed E-state index contributed by atoms with van der Waals surface area (Å²) in [6.45, 7) is 4.88. The maximum Gasteiger partial charge on any atom is 0.336 e. The van der Waals surface area contributed by atoms with Crippen LogP contribution in [-0.2, 0) is 19.4 Å². The van der Waals surface area contributed by atoms with Crippen molar-refractivity contribution in [3.63, 3.8) is 0 Å². The Morgan fingerprint density at radius 1 is 1.04 bits per heavy atom. The molecule has 5 nitrogen and oxygen atoms in total. The van der Waals surface area contributed by atoms with Crippen LogP contribution in [0.1, 0.15) is 54.0 Å². The number of benzene rings is 2. The first-order chi connectivity index (χ1) is 13.5. The normalized spacial score (nSPS) is 10.9. The van der Waals surface area contributed by atoms with E-state index >= 15 is 0 Å². The second-order valence-corrected chi connectivity index (χ2v) is 6.98. The van der Waals surface area contributed by atoms with Crippen LogP contribution in [-0.4, -0.2) is 20.6 Å². The molecule has 0 saturated heterocycles. The zero-order valence-electron chi connectivity index (χ0n) is 16.4. The number of H-pyrrole nitrogens is 1. The second-order valence-electron chi connectivity index (χ2n) is 6.98. The molecule has 0 fully saturated rings. The van der Waals surface area contributed by atoms with Gasteiger partial charge in [0.25, 0.3) is 0 Å². The Kier molecular flexibility index (Phi) is 6.14. The van der Waals surface area contributed by atoms with Gasteiger partial charge in [-0.1, -0.05) is 62.7 Å². The first-order valence-corrected chi connectivity index (χ1v) is 9.77. The molecule has 0 aliphatic heterocycles. The van der Waals surface area contributed by atoms with Crippen molar-refractivity contribution in [2.24, 2.45) is 0 Å². The van der Waals surface area contributed by atoms with Crippen molar-refractivity contribution in [1.29, 1.82) is 0 Å². The molecule has 2 aromatic carbocycles. The lowest BCUT2D eigenvalue weighted by Crippen LogP contribution is -2.18. The lowest BCUT2D eigenvalue weighted by Gasteiger charge is -2.10. The highest BCUT2D eigenvalue weighted by Gasteiger charge is 2.14. The Morgan fingerprint density at radius 2 is 1.75 bits per heavy atom. The molecule has 28 heavy (non-hydrogen) atoms. The summed E-state index contributed by atoms with van der Waals surface area (Å²) in [5.41, 5.74) is 5.00. The fraction of sp³-hybridized carbons (Fsp3) is 0.304. The predicted molar refractivity (Wildman–Crippen MR) is 111 cm³/mol. The number of aromatic amines is 1. The van der Waals surface area contributed by atoms with E-state index in [4.69, 9.17) is 0 Å². The van der Waals surface area contributed by atoms with Crippen LogP contribution >= 0.6 is 0 Å². The summed E-state index contributed by atoms with van der Waals surface area (Å²) in [7, 11) is 0. The highest BCUT2D eigenvalue weighted by Crippen LogP contribution is 2.25. The van der Waals surface area contributed by atoms with Crippen molar-refractivity contribution in [3.05, 3.63) is 81.5 Å². The summed E-state index contributed by atoms with van der Waals surface area (Å²) in [4.78, 5) is 26.8. The van der Waals surface area contributed by atoms with Crippen LogP contribution < -0.4 is 5.69 Å². The molecule has 0 unspecified atom stereocenters. The Morgan fingerprint density at radius 3 is 2.39 bits per heavy atom. The third-order valence-electron chi connectivity index (χ3n) is 4.92. The molecule has 1 heterocycles.